The predicted molar refractivity (Wildman–Crippen MR) is 201 cm³/mol. The van der Waals surface area contributed by atoms with E-state index in [2.05, 4.69) is 0 Å². The predicted octanol–water partition coefficient (Wildman–Crippen LogP) is 12.6. The second-order valence-electron chi connectivity index (χ2n) is 15.1. The lowest BCUT2D eigenvalue weighted by atomic mass is 9.12. The van der Waals surface area contributed by atoms with Crippen molar-refractivity contribution in [1.82, 2.24) is 0 Å². The number of alkyl halides is 24. The average Bonchev–Trinajstić information content (AvgIpc) is 3.22. The van der Waals surface area contributed by atoms with Crippen LogP contribution in [-0.4, -0.2) is 6.15 Å². The highest BCUT2D eigenvalue weighted by atomic mass is 19.4. The third kappa shape index (κ3) is 13.3. The topological polar surface area (TPSA) is 51.5 Å². The highest BCUT2D eigenvalue weighted by Gasteiger charge is 2.47. The van der Waals surface area contributed by atoms with Gasteiger partial charge in [-0.15, -0.1) is 0 Å². The summed E-state index contributed by atoms with van der Waals surface area (Å²) in [5, 5.41) is 17.3. The molecule has 5 rings (SSSR count). The molecular formula is C43H22BF24N3. The zero-order valence-corrected chi connectivity index (χ0v) is 34.5. The minimum absolute atomic E-state index is 0.196. The number of halogens is 24. The van der Waals surface area contributed by atoms with Gasteiger partial charge in [-0.1, -0.05) is 54.6 Å². The number of benzene rings is 4. The van der Waals surface area contributed by atoms with Crippen LogP contribution in [0.25, 0.3) is 0 Å². The summed E-state index contributed by atoms with van der Waals surface area (Å²) < 4.78 is 343. The normalized spacial score (nSPS) is 13.2. The van der Waals surface area contributed by atoms with Gasteiger partial charge in [-0.05, 0) is 31.2 Å². The molecule has 3 nitrogen and oxygen atoms in total. The fourth-order valence-electron chi connectivity index (χ4n) is 7.18. The second-order valence-corrected chi connectivity index (χ2v) is 15.1. The Bertz CT molecular complexity index is 2410. The van der Waals surface area contributed by atoms with E-state index in [9.17, 15) is 105 Å². The summed E-state index contributed by atoms with van der Waals surface area (Å²) in [5.74, 6) is 0. The van der Waals surface area contributed by atoms with Crippen molar-refractivity contribution >= 4 is 28.0 Å². The van der Waals surface area contributed by atoms with Crippen LogP contribution >= 0.6 is 0 Å². The number of aromatic nitrogens is 1. The van der Waals surface area contributed by atoms with E-state index >= 15 is 0 Å². The first kappa shape index (κ1) is 56.7. The molecule has 0 aliphatic rings. The number of nitriles is 2. The summed E-state index contributed by atoms with van der Waals surface area (Å²) in [6.45, 7) is 2.37. The van der Waals surface area contributed by atoms with Gasteiger partial charge >= 0.3 is 49.4 Å². The van der Waals surface area contributed by atoms with Crippen LogP contribution in [0.1, 0.15) is 51.4 Å². The van der Waals surface area contributed by atoms with Gasteiger partial charge in [0.2, 0.25) is 0 Å². The quantitative estimate of drug-likeness (QED) is 0.0736. The molecule has 71 heavy (non-hydrogen) atoms. The monoisotopic (exact) mass is 1050 g/mol. The van der Waals surface area contributed by atoms with Crippen molar-refractivity contribution in [3.63, 3.8) is 0 Å². The molecule has 0 spiro atoms. The molecule has 0 saturated carbocycles. The highest BCUT2D eigenvalue weighted by Crippen LogP contribution is 2.41. The number of nitrogens with zero attached hydrogens (tertiary/aromatic N) is 3. The first-order chi connectivity index (χ1) is 32.0. The van der Waals surface area contributed by atoms with E-state index in [-0.39, 0.29) is 5.57 Å². The Balaban J connectivity index is 0.000000671. The maximum atomic E-state index is 14.2. The summed E-state index contributed by atoms with van der Waals surface area (Å²) >= 11 is 0. The summed E-state index contributed by atoms with van der Waals surface area (Å²) in [7, 11) is 0. The Morgan fingerprint density at radius 3 is 0.732 bits per heavy atom. The van der Waals surface area contributed by atoms with Crippen LogP contribution in [0.4, 0.5) is 105 Å². The summed E-state index contributed by atoms with van der Waals surface area (Å²) in [6, 6.07) is 0.682. The Morgan fingerprint density at radius 1 is 0.366 bits per heavy atom. The van der Waals surface area contributed by atoms with Crippen molar-refractivity contribution in [3.05, 3.63) is 159 Å². The Hall–Kier alpha value is -6.87. The lowest BCUT2D eigenvalue weighted by Gasteiger charge is -2.46. The van der Waals surface area contributed by atoms with E-state index in [4.69, 9.17) is 10.5 Å². The van der Waals surface area contributed by atoms with E-state index in [0.717, 1.165) is 5.57 Å². The zero-order valence-electron chi connectivity index (χ0n) is 34.5. The molecule has 0 amide bonds. The summed E-state index contributed by atoms with van der Waals surface area (Å²) in [6.07, 6.45) is -51.0. The smallest absolute Gasteiger partial charge is 0.201 e. The molecule has 0 bridgehead atoms. The number of allylic oxidation sites excluding steroid dienone is 2. The molecular weight excluding hydrogens is 1030 g/mol. The fourth-order valence-corrected chi connectivity index (χ4v) is 7.18. The SMILES string of the molecule is CC(C[n+]1ccccc1)=C(C#N)C#N.FC(F)(F)c1cc([B-](c2cc(C(F)(F)F)cc(C(F)(F)F)c2)(c2cc(C(F)(F)F)cc(C(F)(F)F)c2)c2cc(C(F)(F)F)cc(C(F)(F)F)c2)cc(C(F)(F)F)c1. The van der Waals surface area contributed by atoms with Crippen LogP contribution < -0.4 is 26.4 Å². The van der Waals surface area contributed by atoms with E-state index in [1.54, 1.807) is 6.92 Å². The number of pyridine rings is 1. The van der Waals surface area contributed by atoms with Gasteiger partial charge in [-0.25, -0.2) is 4.57 Å². The van der Waals surface area contributed by atoms with Crippen LogP contribution in [-0.2, 0) is 56.0 Å². The Morgan fingerprint density at radius 2 is 0.563 bits per heavy atom. The van der Waals surface area contributed by atoms with Crippen molar-refractivity contribution in [2.75, 3.05) is 0 Å². The molecule has 0 aliphatic carbocycles. The maximum absolute atomic E-state index is 14.2. The Kier molecular flexibility index (Phi) is 15.5. The first-order valence-electron chi connectivity index (χ1n) is 18.8. The average molecular weight is 1050 g/mol. The molecule has 0 fully saturated rings. The Labute approximate surface area is 382 Å². The van der Waals surface area contributed by atoms with E-state index in [1.165, 1.54) is 0 Å². The van der Waals surface area contributed by atoms with Gasteiger partial charge in [0.1, 0.15) is 23.9 Å². The minimum Gasteiger partial charge on any atom is -0.201 e. The third-order valence-corrected chi connectivity index (χ3v) is 10.3. The van der Waals surface area contributed by atoms with Crippen LogP contribution in [0.3, 0.4) is 0 Å². The van der Waals surface area contributed by atoms with Gasteiger partial charge in [-0.3, -0.25) is 0 Å². The van der Waals surface area contributed by atoms with Gasteiger partial charge in [0.05, 0.1) is 44.5 Å². The van der Waals surface area contributed by atoms with Crippen LogP contribution in [0.15, 0.2) is 115 Å². The van der Waals surface area contributed by atoms with E-state index in [1.807, 2.05) is 47.3 Å². The molecule has 5 aromatic rings. The van der Waals surface area contributed by atoms with Gasteiger partial charge in [0.15, 0.2) is 18.9 Å². The largest absolute Gasteiger partial charge is 0.416 e. The van der Waals surface area contributed by atoms with Gasteiger partial charge in [-0.2, -0.15) is 138 Å². The molecule has 0 saturated heterocycles. The van der Waals surface area contributed by atoms with Crippen LogP contribution in [0.2, 0.25) is 0 Å². The van der Waals surface area contributed by atoms with Crippen LogP contribution in [0, 0.1) is 22.7 Å². The number of rotatable bonds is 6. The summed E-state index contributed by atoms with van der Waals surface area (Å²) in [5.41, 5.74) is -29.2. The van der Waals surface area contributed by atoms with Gasteiger partial charge < -0.3 is 0 Å². The lowest BCUT2D eigenvalue weighted by molar-refractivity contribution is -0.689. The fraction of sp³-hybridized carbons (Fsp3) is 0.233. The molecule has 4 aromatic carbocycles. The number of hydrogen-bond acceptors (Lipinski definition) is 2. The zero-order chi connectivity index (χ0) is 54.3. The standard InChI is InChI=1S/C32H12BF24.C11H10N3/c34-25(35,36)13-1-14(26(37,38)39)6-21(5-13)33(22-7-15(27(40,41)42)2-16(8-22)28(43,44)45,23-9-17(29(46,47)48)3-18(10-23)30(49,50)51)24-11-19(31(52,53)54)4-20(12-24)32(55,56)57;1-10(11(7-12)8-13)9-14-5-3-2-4-6-14/h1-12H;2-6H,9H2,1H3/q-1;+1. The van der Waals surface area contributed by atoms with Crippen molar-refractivity contribution in [1.29, 1.82) is 10.5 Å². The molecule has 0 unspecified atom stereocenters. The summed E-state index contributed by atoms with van der Waals surface area (Å²) in [4.78, 5) is 0. The van der Waals surface area contributed by atoms with Crippen molar-refractivity contribution in [2.24, 2.45) is 0 Å². The molecule has 0 radical (unpaired) electrons. The molecule has 1 aromatic heterocycles. The molecule has 1 heterocycles. The molecule has 0 aliphatic heterocycles. The molecule has 0 atom stereocenters. The van der Waals surface area contributed by atoms with Crippen molar-refractivity contribution in [2.45, 2.75) is 62.9 Å². The maximum Gasteiger partial charge on any atom is 0.416 e. The highest BCUT2D eigenvalue weighted by molar-refractivity contribution is 7.20. The minimum atomic E-state index is -6.13. The van der Waals surface area contributed by atoms with E-state index < -0.39 is 195 Å². The third-order valence-electron chi connectivity index (χ3n) is 10.3. The van der Waals surface area contributed by atoms with Crippen molar-refractivity contribution in [3.8, 4) is 12.1 Å². The van der Waals surface area contributed by atoms with Crippen LogP contribution in [0.5, 0.6) is 0 Å². The first-order valence-corrected chi connectivity index (χ1v) is 18.8. The number of hydrogen-bond donors (Lipinski definition) is 0. The second kappa shape index (κ2) is 19.4. The lowest BCUT2D eigenvalue weighted by Crippen LogP contribution is -2.75. The van der Waals surface area contributed by atoms with Gasteiger partial charge in [0, 0.05) is 17.7 Å². The van der Waals surface area contributed by atoms with E-state index in [0.29, 0.717) is 6.54 Å². The molecule has 28 heteroatoms. The molecule has 0 N–H and O–H groups in total. The van der Waals surface area contributed by atoms with Crippen molar-refractivity contribution < 1.29 is 110 Å². The molecule has 380 valence electrons. The van der Waals surface area contributed by atoms with Gasteiger partial charge in [0.25, 0.3) is 0 Å².